The van der Waals surface area contributed by atoms with Crippen LogP contribution in [0.4, 0.5) is 0 Å². The van der Waals surface area contributed by atoms with Crippen LogP contribution in [0.25, 0.3) is 0 Å². The highest BCUT2D eigenvalue weighted by molar-refractivity contribution is 6.01. The zero-order valence-electron chi connectivity index (χ0n) is 17.1. The quantitative estimate of drug-likeness (QED) is 0.542. The van der Waals surface area contributed by atoms with Crippen LogP contribution in [0.5, 0.6) is 0 Å². The number of hydrogen-bond donors (Lipinski definition) is 0. The van der Waals surface area contributed by atoms with E-state index in [4.69, 9.17) is 4.74 Å². The third-order valence-electron chi connectivity index (χ3n) is 7.55. The van der Waals surface area contributed by atoms with E-state index in [1.54, 1.807) is 6.08 Å². The summed E-state index contributed by atoms with van der Waals surface area (Å²) in [5.74, 6) is 0.403. The highest BCUT2D eigenvalue weighted by Gasteiger charge is 2.55. The maximum Gasteiger partial charge on any atom is 0.303 e. The van der Waals surface area contributed by atoms with Crippen molar-refractivity contribution in [3.8, 4) is 0 Å². The maximum absolute atomic E-state index is 12.9. The van der Waals surface area contributed by atoms with Crippen molar-refractivity contribution >= 4 is 17.5 Å². The Morgan fingerprint density at radius 1 is 1.29 bits per heavy atom. The molecule has 0 saturated heterocycles. The van der Waals surface area contributed by atoms with Gasteiger partial charge >= 0.3 is 5.97 Å². The molecule has 4 aliphatic carbocycles. The van der Waals surface area contributed by atoms with Crippen molar-refractivity contribution < 1.29 is 19.1 Å². The van der Waals surface area contributed by atoms with Crippen LogP contribution in [0.15, 0.2) is 46.6 Å². The molecule has 2 unspecified atom stereocenters. The summed E-state index contributed by atoms with van der Waals surface area (Å²) in [6.45, 7) is 7.65. The van der Waals surface area contributed by atoms with E-state index in [2.05, 4.69) is 32.9 Å². The first-order valence-electron chi connectivity index (χ1n) is 10.2. The summed E-state index contributed by atoms with van der Waals surface area (Å²) in [5, 5.41) is 0. The fraction of sp³-hybridized carbons (Fsp3) is 0.542. The molecule has 0 radical (unpaired) electrons. The van der Waals surface area contributed by atoms with E-state index < -0.39 is 5.97 Å². The lowest BCUT2D eigenvalue weighted by Crippen LogP contribution is -2.43. The standard InChI is InChI=1S/C24H28O4/c1-14-11-20-18-6-5-16-12-17(26)7-9-23(16,3)19(18)8-10-24(20,4)22(14)21(27)13-28-15(2)25/h7-9,12,18,20H,5-6,10-11,13H2,1-4H3/t18?,20?,23-,24-/m0/s1. The van der Waals surface area contributed by atoms with Crippen molar-refractivity contribution in [2.45, 2.75) is 53.4 Å². The van der Waals surface area contributed by atoms with E-state index in [0.29, 0.717) is 11.8 Å². The summed E-state index contributed by atoms with van der Waals surface area (Å²) < 4.78 is 5.01. The number of carbonyl (C=O) groups excluding carboxylic acids is 3. The molecule has 4 nitrogen and oxygen atoms in total. The van der Waals surface area contributed by atoms with E-state index in [0.717, 1.165) is 36.8 Å². The van der Waals surface area contributed by atoms with E-state index in [1.807, 2.05) is 6.08 Å². The van der Waals surface area contributed by atoms with Gasteiger partial charge in [-0.05, 0) is 63.5 Å². The molecule has 1 fully saturated rings. The average molecular weight is 380 g/mol. The van der Waals surface area contributed by atoms with Crippen molar-refractivity contribution in [3.05, 3.63) is 46.6 Å². The number of esters is 1. The summed E-state index contributed by atoms with van der Waals surface area (Å²) in [4.78, 5) is 35.9. The van der Waals surface area contributed by atoms with Gasteiger partial charge in [0, 0.05) is 23.3 Å². The monoisotopic (exact) mass is 380 g/mol. The Hall–Kier alpha value is -2.23. The number of rotatable bonds is 3. The van der Waals surface area contributed by atoms with Crippen LogP contribution in [-0.4, -0.2) is 24.1 Å². The number of carbonyl (C=O) groups is 3. The van der Waals surface area contributed by atoms with Gasteiger partial charge in [-0.25, -0.2) is 0 Å². The lowest BCUT2D eigenvalue weighted by atomic mass is 9.52. The van der Waals surface area contributed by atoms with Gasteiger partial charge in [0.2, 0.25) is 0 Å². The van der Waals surface area contributed by atoms with Gasteiger partial charge in [-0.3, -0.25) is 14.4 Å². The second kappa shape index (κ2) is 6.40. The molecule has 0 N–H and O–H groups in total. The smallest absolute Gasteiger partial charge is 0.303 e. The maximum atomic E-state index is 12.9. The van der Waals surface area contributed by atoms with Crippen molar-refractivity contribution in [3.63, 3.8) is 0 Å². The van der Waals surface area contributed by atoms with Crippen LogP contribution < -0.4 is 0 Å². The first-order valence-corrected chi connectivity index (χ1v) is 10.2. The Bertz CT molecular complexity index is 900. The highest BCUT2D eigenvalue weighted by Crippen LogP contribution is 2.63. The van der Waals surface area contributed by atoms with E-state index in [1.165, 1.54) is 18.1 Å². The molecule has 0 aliphatic heterocycles. The van der Waals surface area contributed by atoms with Gasteiger partial charge in [-0.15, -0.1) is 0 Å². The van der Waals surface area contributed by atoms with Gasteiger partial charge in [-0.1, -0.05) is 35.8 Å². The minimum Gasteiger partial charge on any atom is -0.457 e. The predicted molar refractivity (Wildman–Crippen MR) is 106 cm³/mol. The molecule has 4 aliphatic rings. The SMILES string of the molecule is CC(=O)OCC(=O)C1=C(C)CC2C3CCC4=CC(=O)C=C[C@]4(C)C3=CC[C@]12C. The zero-order chi connectivity index (χ0) is 20.3. The molecule has 0 bridgehead atoms. The fourth-order valence-corrected chi connectivity index (χ4v) is 6.26. The Morgan fingerprint density at radius 2 is 2.04 bits per heavy atom. The second-order valence-corrected chi connectivity index (χ2v) is 9.20. The molecule has 1 saturated carbocycles. The van der Waals surface area contributed by atoms with Gasteiger partial charge in [0.05, 0.1) is 0 Å². The molecule has 28 heavy (non-hydrogen) atoms. The van der Waals surface area contributed by atoms with Gasteiger partial charge < -0.3 is 4.74 Å². The number of allylic oxidation sites excluding steroid dienone is 7. The molecule has 0 spiro atoms. The minimum absolute atomic E-state index is 0.0553. The van der Waals surface area contributed by atoms with Crippen LogP contribution in [0, 0.1) is 22.7 Å². The molecular formula is C24H28O4. The number of Topliss-reactive ketones (excluding diaryl/α,β-unsaturated/α-hetero) is 1. The largest absolute Gasteiger partial charge is 0.457 e. The van der Waals surface area contributed by atoms with Crippen LogP contribution >= 0.6 is 0 Å². The molecule has 0 aromatic heterocycles. The Balaban J connectivity index is 1.68. The van der Waals surface area contributed by atoms with Crippen molar-refractivity contribution in [1.29, 1.82) is 0 Å². The minimum atomic E-state index is -0.421. The normalized spacial score (nSPS) is 36.2. The molecule has 4 atom stereocenters. The van der Waals surface area contributed by atoms with Crippen molar-refractivity contribution in [2.75, 3.05) is 6.61 Å². The molecule has 0 amide bonds. The van der Waals surface area contributed by atoms with Crippen molar-refractivity contribution in [1.82, 2.24) is 0 Å². The molecule has 4 rings (SSSR count). The molecule has 148 valence electrons. The summed E-state index contributed by atoms with van der Waals surface area (Å²) in [6.07, 6.45) is 11.6. The number of fused-ring (bicyclic) bond motifs is 5. The third-order valence-corrected chi connectivity index (χ3v) is 7.55. The number of ketones is 2. The average Bonchev–Trinajstić information content (AvgIpc) is 2.90. The van der Waals surface area contributed by atoms with Gasteiger partial charge in [0.1, 0.15) is 0 Å². The van der Waals surface area contributed by atoms with E-state index >= 15 is 0 Å². The third kappa shape index (κ3) is 2.68. The highest BCUT2D eigenvalue weighted by atomic mass is 16.5. The molecular weight excluding hydrogens is 352 g/mol. The van der Waals surface area contributed by atoms with Crippen LogP contribution in [0.1, 0.15) is 53.4 Å². The van der Waals surface area contributed by atoms with E-state index in [9.17, 15) is 14.4 Å². The van der Waals surface area contributed by atoms with Gasteiger partial charge in [-0.2, -0.15) is 0 Å². The zero-order valence-corrected chi connectivity index (χ0v) is 17.1. The van der Waals surface area contributed by atoms with Crippen molar-refractivity contribution in [2.24, 2.45) is 22.7 Å². The van der Waals surface area contributed by atoms with Gasteiger partial charge in [0.15, 0.2) is 18.2 Å². The lowest BCUT2D eigenvalue weighted by Gasteiger charge is -2.51. The topological polar surface area (TPSA) is 60.4 Å². The number of ether oxygens (including phenoxy) is 1. The summed E-state index contributed by atoms with van der Waals surface area (Å²) in [7, 11) is 0. The van der Waals surface area contributed by atoms with E-state index in [-0.39, 0.29) is 29.0 Å². The van der Waals surface area contributed by atoms with Crippen LogP contribution in [0.3, 0.4) is 0 Å². The lowest BCUT2D eigenvalue weighted by molar-refractivity contribution is -0.145. The summed E-state index contributed by atoms with van der Waals surface area (Å²) in [5.41, 5.74) is 4.27. The van der Waals surface area contributed by atoms with Gasteiger partial charge in [0.25, 0.3) is 0 Å². The van der Waals surface area contributed by atoms with Crippen LogP contribution in [0.2, 0.25) is 0 Å². The Morgan fingerprint density at radius 3 is 2.75 bits per heavy atom. The molecule has 0 aromatic carbocycles. The second-order valence-electron chi connectivity index (χ2n) is 9.20. The Kier molecular flexibility index (Phi) is 4.36. The molecule has 0 heterocycles. The number of hydrogen-bond acceptors (Lipinski definition) is 4. The summed E-state index contributed by atoms with van der Waals surface area (Å²) in [6, 6.07) is 0. The first kappa shape index (κ1) is 19.1. The molecule has 0 aromatic rings. The summed E-state index contributed by atoms with van der Waals surface area (Å²) >= 11 is 0. The van der Waals surface area contributed by atoms with Crippen LogP contribution in [-0.2, 0) is 19.1 Å². The molecule has 4 heteroatoms. The fourth-order valence-electron chi connectivity index (χ4n) is 6.26. The predicted octanol–water partition coefficient (Wildman–Crippen LogP) is 4.27. The first-order chi connectivity index (χ1) is 13.2. The Labute approximate surface area is 166 Å².